The fourth-order valence-corrected chi connectivity index (χ4v) is 10.4. The summed E-state index contributed by atoms with van der Waals surface area (Å²) in [6.07, 6.45) is 9.47. The summed E-state index contributed by atoms with van der Waals surface area (Å²) in [5.41, 5.74) is 2.44. The number of methoxy groups -OCH3 is 8. The first-order valence-electron chi connectivity index (χ1n) is 22.1. The van der Waals surface area contributed by atoms with Crippen molar-refractivity contribution < 1.29 is 47.5 Å². The minimum absolute atomic E-state index is 0.115. The van der Waals surface area contributed by atoms with E-state index in [9.17, 15) is 0 Å². The third-order valence-electron chi connectivity index (χ3n) is 13.4. The topological polar surface area (TPSA) is 114 Å². The Balaban J connectivity index is 1.78. The molecule has 12 nitrogen and oxygen atoms in total. The van der Waals surface area contributed by atoms with Crippen molar-refractivity contribution in [1.29, 1.82) is 0 Å². The fraction of sp³-hybridized carbons (Fsp3) is 0.708. The Labute approximate surface area is 380 Å². The number of rotatable bonds is 30. The molecule has 2 aliphatic rings. The molecule has 0 saturated heterocycles. The molecule has 0 N–H and O–H groups in total. The van der Waals surface area contributed by atoms with E-state index in [0.717, 1.165) is 70.9 Å². The zero-order valence-corrected chi connectivity index (χ0v) is 41.8. The van der Waals surface area contributed by atoms with E-state index >= 15 is 9.59 Å². The molecule has 62 heavy (non-hydrogen) atoms. The second-order valence-corrected chi connectivity index (χ2v) is 20.1. The average Bonchev–Trinajstić information content (AvgIpc) is 4.04. The van der Waals surface area contributed by atoms with Crippen molar-refractivity contribution in [2.75, 3.05) is 70.0 Å². The zero-order chi connectivity index (χ0) is 45.9. The van der Waals surface area contributed by atoms with Crippen LogP contribution in [0.5, 0.6) is 0 Å². The Morgan fingerprint density at radius 3 is 0.935 bits per heavy atom. The molecule has 0 aliphatic carbocycles. The van der Waals surface area contributed by atoms with Gasteiger partial charge in [0.2, 0.25) is 0 Å². The highest BCUT2D eigenvalue weighted by Gasteiger charge is 2.50. The number of thiophene rings is 2. The molecular weight excluding hydrogens is 829 g/mol. The summed E-state index contributed by atoms with van der Waals surface area (Å²) in [6, 6.07) is 8.26. The number of carbonyl (C=O) groups excluding carboxylic acids is 2. The summed E-state index contributed by atoms with van der Waals surface area (Å²) in [4.78, 5) is 38.6. The van der Waals surface area contributed by atoms with E-state index < -0.39 is 23.1 Å². The number of hydrogen-bond acceptors (Lipinski definition) is 12. The summed E-state index contributed by atoms with van der Waals surface area (Å²) < 4.78 is 45.6. The maximum Gasteiger partial charge on any atom is 0.261 e. The Morgan fingerprint density at radius 2 is 0.726 bits per heavy atom. The minimum Gasteiger partial charge on any atom is -0.353 e. The molecule has 2 aromatic heterocycles. The predicted octanol–water partition coefficient (Wildman–Crippen LogP) is 10.2. The highest BCUT2D eigenvalue weighted by atomic mass is 32.1. The minimum atomic E-state index is -0.704. The van der Waals surface area contributed by atoms with Crippen molar-refractivity contribution in [1.82, 2.24) is 9.80 Å². The average molecular weight is 905 g/mol. The Bertz CT molecular complexity index is 1640. The monoisotopic (exact) mass is 904 g/mol. The maximum atomic E-state index is 15.4. The normalized spacial score (nSPS) is 15.5. The van der Waals surface area contributed by atoms with E-state index in [1.165, 1.54) is 0 Å². The molecule has 0 bridgehead atoms. The second-order valence-electron chi connectivity index (χ2n) is 17.6. The van der Waals surface area contributed by atoms with E-state index in [4.69, 9.17) is 37.9 Å². The number of ether oxygens (including phenoxy) is 8. The van der Waals surface area contributed by atoms with Crippen molar-refractivity contribution in [2.45, 2.75) is 142 Å². The predicted molar refractivity (Wildman–Crippen MR) is 247 cm³/mol. The van der Waals surface area contributed by atoms with Crippen molar-refractivity contribution in [3.05, 3.63) is 54.9 Å². The number of amides is 2. The van der Waals surface area contributed by atoms with E-state index in [-0.39, 0.29) is 23.7 Å². The van der Waals surface area contributed by atoms with Gasteiger partial charge in [0, 0.05) is 105 Å². The Hall–Kier alpha value is -2.50. The zero-order valence-electron chi connectivity index (χ0n) is 40.2. The van der Waals surface area contributed by atoms with Gasteiger partial charge in [-0.3, -0.25) is 9.59 Å². The quantitative estimate of drug-likeness (QED) is 0.0702. The first-order valence-corrected chi connectivity index (χ1v) is 23.7. The van der Waals surface area contributed by atoms with Crippen molar-refractivity contribution in [3.8, 4) is 0 Å². The summed E-state index contributed by atoms with van der Waals surface area (Å²) in [5.74, 6) is -2.83. The van der Waals surface area contributed by atoms with Crippen LogP contribution >= 0.6 is 22.7 Å². The van der Waals surface area contributed by atoms with Gasteiger partial charge in [-0.1, -0.05) is 0 Å². The highest BCUT2D eigenvalue weighted by molar-refractivity contribution is 7.13. The first-order chi connectivity index (χ1) is 29.4. The summed E-state index contributed by atoms with van der Waals surface area (Å²) >= 11 is 3.24. The smallest absolute Gasteiger partial charge is 0.261 e. The van der Waals surface area contributed by atoms with E-state index in [1.54, 1.807) is 79.6 Å². The third-order valence-corrected chi connectivity index (χ3v) is 15.5. The molecule has 0 atom stereocenters. The standard InChI is InChI=1S/C48H76N2O10S2/c1-33-23-25-37(61-33)41-39-40(44(52)49(41)31-35(19-15-27-45(3,53-7)54-8)20-16-28-46(4,55-9)56-10)42(38-26-24-34(2)62-38)50(43(39)51)32-36(21-17-29-47(5,57-11)58-12)22-18-30-48(6,59-13)60-14/h23-26,35-36H,15-22,27-32H2,1-14H3. The second kappa shape index (κ2) is 23.1. The number of fused-ring (bicyclic) bond motifs is 1. The van der Waals surface area contributed by atoms with Crippen molar-refractivity contribution >= 4 is 45.9 Å². The van der Waals surface area contributed by atoms with Gasteiger partial charge in [-0.05, 0) is 129 Å². The summed E-state index contributed by atoms with van der Waals surface area (Å²) in [6.45, 7) is 12.9. The lowest BCUT2D eigenvalue weighted by Crippen LogP contribution is -2.35. The lowest BCUT2D eigenvalue weighted by molar-refractivity contribution is -0.199. The van der Waals surface area contributed by atoms with E-state index in [1.807, 2.05) is 37.5 Å². The van der Waals surface area contributed by atoms with Crippen LogP contribution in [0.1, 0.15) is 124 Å². The molecule has 0 fully saturated rings. The molecule has 0 radical (unpaired) electrons. The molecule has 4 rings (SSSR count). The molecular formula is C48H76N2O10S2. The molecule has 2 aromatic rings. The van der Waals surface area contributed by atoms with Crippen LogP contribution in [-0.4, -0.2) is 115 Å². The number of carbonyl (C=O) groups is 2. The van der Waals surface area contributed by atoms with Crippen LogP contribution < -0.4 is 0 Å². The summed E-state index contributed by atoms with van der Waals surface area (Å²) in [5, 5.41) is 0. The molecule has 0 spiro atoms. The van der Waals surface area contributed by atoms with Gasteiger partial charge < -0.3 is 47.7 Å². The van der Waals surface area contributed by atoms with Gasteiger partial charge in [0.1, 0.15) is 0 Å². The van der Waals surface area contributed by atoms with Gasteiger partial charge in [-0.2, -0.15) is 0 Å². The Kier molecular flexibility index (Phi) is 19.4. The van der Waals surface area contributed by atoms with Gasteiger partial charge in [0.25, 0.3) is 11.8 Å². The lowest BCUT2D eigenvalue weighted by atomic mass is 9.92. The van der Waals surface area contributed by atoms with Crippen LogP contribution in [0, 0.1) is 25.7 Å². The number of nitrogens with zero attached hydrogens (tertiary/aromatic N) is 2. The lowest BCUT2D eigenvalue weighted by Gasteiger charge is -2.32. The van der Waals surface area contributed by atoms with E-state index in [2.05, 4.69) is 38.1 Å². The van der Waals surface area contributed by atoms with E-state index in [0.29, 0.717) is 61.3 Å². The largest absolute Gasteiger partial charge is 0.353 e. The SMILES string of the molecule is COC(C)(CCCC(CCCC(C)(OC)OC)CN1C(=O)C2=C(c3ccc(C)s3)N(CC(CCCC(C)(OC)OC)CCCC(C)(OC)OC)C(=O)C2=C1c1ccc(C)s1)OC. The van der Waals surface area contributed by atoms with Crippen LogP contribution in [0.25, 0.3) is 11.4 Å². The van der Waals surface area contributed by atoms with Gasteiger partial charge >= 0.3 is 0 Å². The molecule has 14 heteroatoms. The van der Waals surface area contributed by atoms with Crippen molar-refractivity contribution in [3.63, 3.8) is 0 Å². The van der Waals surface area contributed by atoms with Crippen LogP contribution in [-0.2, 0) is 47.5 Å². The number of hydrogen-bond donors (Lipinski definition) is 0. The number of aryl methyl sites for hydroxylation is 2. The molecule has 0 saturated carbocycles. The van der Waals surface area contributed by atoms with Crippen LogP contribution in [0.3, 0.4) is 0 Å². The molecule has 350 valence electrons. The van der Waals surface area contributed by atoms with Crippen LogP contribution in [0.2, 0.25) is 0 Å². The van der Waals surface area contributed by atoms with Crippen LogP contribution in [0.15, 0.2) is 35.4 Å². The maximum absolute atomic E-state index is 15.4. The fourth-order valence-electron chi connectivity index (χ4n) is 8.55. The highest BCUT2D eigenvalue weighted by Crippen LogP contribution is 2.50. The Morgan fingerprint density at radius 1 is 0.468 bits per heavy atom. The van der Waals surface area contributed by atoms with Gasteiger partial charge in [0.05, 0.1) is 32.3 Å². The molecule has 0 aromatic carbocycles. The third kappa shape index (κ3) is 12.9. The van der Waals surface area contributed by atoms with Gasteiger partial charge in [-0.25, -0.2) is 0 Å². The van der Waals surface area contributed by atoms with Gasteiger partial charge in [0.15, 0.2) is 23.1 Å². The van der Waals surface area contributed by atoms with Gasteiger partial charge in [-0.15, -0.1) is 22.7 Å². The summed E-state index contributed by atoms with van der Waals surface area (Å²) in [7, 11) is 13.3. The molecule has 0 unspecified atom stereocenters. The van der Waals surface area contributed by atoms with Crippen molar-refractivity contribution in [2.24, 2.45) is 11.8 Å². The molecule has 2 aliphatic heterocycles. The molecule has 2 amide bonds. The van der Waals surface area contributed by atoms with Crippen LogP contribution in [0.4, 0.5) is 0 Å². The molecule has 4 heterocycles. The first kappa shape index (κ1) is 52.1.